The topological polar surface area (TPSA) is 64.3 Å². The number of hydrogen-bond acceptors (Lipinski definition) is 3. The summed E-state index contributed by atoms with van der Waals surface area (Å²) in [6.45, 7) is 0. The third-order valence-corrected chi connectivity index (χ3v) is 3.51. The number of para-hydroxylation sites is 2. The van der Waals surface area contributed by atoms with Crippen LogP contribution in [0.1, 0.15) is 23.6 Å². The first-order valence-electron chi connectivity index (χ1n) is 6.31. The number of phenolic OH excluding ortho intramolecular Hbond substituents is 1. The predicted molar refractivity (Wildman–Crippen MR) is 74.1 cm³/mol. The Morgan fingerprint density at radius 1 is 1.15 bits per heavy atom. The van der Waals surface area contributed by atoms with Crippen LogP contribution in [0.15, 0.2) is 48.5 Å². The Balaban J connectivity index is 1.93. The van der Waals surface area contributed by atoms with Crippen molar-refractivity contribution in [2.24, 2.45) is 0 Å². The van der Waals surface area contributed by atoms with Crippen molar-refractivity contribution in [1.29, 1.82) is 5.26 Å². The number of hydrogen-bond donors (Lipinski definition) is 1. The van der Waals surface area contributed by atoms with Crippen LogP contribution in [0.5, 0.6) is 5.75 Å². The van der Waals surface area contributed by atoms with Crippen molar-refractivity contribution >= 4 is 11.6 Å². The van der Waals surface area contributed by atoms with Gasteiger partial charge >= 0.3 is 0 Å². The third-order valence-electron chi connectivity index (χ3n) is 3.51. The van der Waals surface area contributed by atoms with Crippen LogP contribution in [0, 0.1) is 11.3 Å². The second kappa shape index (κ2) is 4.71. The monoisotopic (exact) mass is 264 g/mol. The smallest absolute Gasteiger partial charge is 0.230 e. The van der Waals surface area contributed by atoms with E-state index in [9.17, 15) is 9.90 Å². The SMILES string of the molecule is N#Cc1ccc(C2CC(=O)N2c2ccccc2O)cc1. The quantitative estimate of drug-likeness (QED) is 0.848. The van der Waals surface area contributed by atoms with Gasteiger partial charge in [0, 0.05) is 0 Å². The van der Waals surface area contributed by atoms with Gasteiger partial charge in [0.05, 0.1) is 29.8 Å². The fraction of sp³-hybridized carbons (Fsp3) is 0.125. The van der Waals surface area contributed by atoms with Crippen molar-refractivity contribution in [2.75, 3.05) is 4.90 Å². The molecule has 4 heteroatoms. The maximum absolute atomic E-state index is 11.9. The highest BCUT2D eigenvalue weighted by Crippen LogP contribution is 2.42. The molecule has 0 spiro atoms. The predicted octanol–water partition coefficient (Wildman–Crippen LogP) is 2.74. The highest BCUT2D eigenvalue weighted by atomic mass is 16.3. The zero-order valence-electron chi connectivity index (χ0n) is 10.7. The lowest BCUT2D eigenvalue weighted by molar-refractivity contribution is -0.124. The first-order chi connectivity index (χ1) is 9.70. The second-order valence-corrected chi connectivity index (χ2v) is 4.71. The summed E-state index contributed by atoms with van der Waals surface area (Å²) in [5.41, 5.74) is 2.08. The van der Waals surface area contributed by atoms with Gasteiger partial charge in [-0.2, -0.15) is 5.26 Å². The number of benzene rings is 2. The summed E-state index contributed by atoms with van der Waals surface area (Å²) >= 11 is 0. The number of rotatable bonds is 2. The van der Waals surface area contributed by atoms with E-state index in [1.807, 2.05) is 12.1 Å². The summed E-state index contributed by atoms with van der Waals surface area (Å²) in [4.78, 5) is 13.4. The van der Waals surface area contributed by atoms with Crippen molar-refractivity contribution in [3.05, 3.63) is 59.7 Å². The molecule has 1 atom stereocenters. The van der Waals surface area contributed by atoms with Crippen molar-refractivity contribution in [2.45, 2.75) is 12.5 Å². The van der Waals surface area contributed by atoms with Crippen molar-refractivity contribution in [3.63, 3.8) is 0 Å². The average molecular weight is 264 g/mol. The van der Waals surface area contributed by atoms with Crippen LogP contribution in [0.2, 0.25) is 0 Å². The standard InChI is InChI=1S/C16H12N2O2/c17-10-11-5-7-12(8-6-11)14-9-16(20)18(14)13-3-1-2-4-15(13)19/h1-8,14,19H,9H2. The van der Waals surface area contributed by atoms with Gasteiger partial charge < -0.3 is 10.0 Å². The van der Waals surface area contributed by atoms with E-state index in [0.29, 0.717) is 17.7 Å². The van der Waals surface area contributed by atoms with E-state index >= 15 is 0 Å². The molecule has 0 bridgehead atoms. The lowest BCUT2D eigenvalue weighted by Gasteiger charge is -2.41. The Morgan fingerprint density at radius 3 is 2.45 bits per heavy atom. The zero-order valence-corrected chi connectivity index (χ0v) is 10.7. The fourth-order valence-electron chi connectivity index (χ4n) is 2.43. The molecule has 1 aliphatic heterocycles. The average Bonchev–Trinajstić information content (AvgIpc) is 2.47. The maximum Gasteiger partial charge on any atom is 0.230 e. The van der Waals surface area contributed by atoms with Gasteiger partial charge in [-0.05, 0) is 29.8 Å². The Bertz CT molecular complexity index is 701. The van der Waals surface area contributed by atoms with E-state index in [1.165, 1.54) is 0 Å². The van der Waals surface area contributed by atoms with Gasteiger partial charge in [0.25, 0.3) is 0 Å². The molecule has 2 aromatic carbocycles. The first kappa shape index (κ1) is 12.2. The molecule has 98 valence electrons. The molecule has 1 fully saturated rings. The molecule has 0 radical (unpaired) electrons. The van der Waals surface area contributed by atoms with Crippen molar-refractivity contribution < 1.29 is 9.90 Å². The van der Waals surface area contributed by atoms with E-state index in [1.54, 1.807) is 41.3 Å². The molecule has 1 N–H and O–H groups in total. The van der Waals surface area contributed by atoms with Gasteiger partial charge in [-0.25, -0.2) is 0 Å². The molecule has 0 saturated carbocycles. The highest BCUT2D eigenvalue weighted by molar-refractivity contribution is 6.02. The number of β-lactam (4-membered cyclic amide) rings is 1. The van der Waals surface area contributed by atoms with E-state index < -0.39 is 0 Å². The molecular weight excluding hydrogens is 252 g/mol. The number of aromatic hydroxyl groups is 1. The fourth-order valence-corrected chi connectivity index (χ4v) is 2.43. The van der Waals surface area contributed by atoms with Crippen LogP contribution in [0.25, 0.3) is 0 Å². The second-order valence-electron chi connectivity index (χ2n) is 4.71. The Labute approximate surface area is 116 Å². The van der Waals surface area contributed by atoms with Gasteiger partial charge in [0.1, 0.15) is 5.75 Å². The number of nitriles is 1. The minimum absolute atomic E-state index is 0.0131. The van der Waals surface area contributed by atoms with E-state index in [2.05, 4.69) is 6.07 Å². The Kier molecular flexibility index (Phi) is 2.88. The van der Waals surface area contributed by atoms with Gasteiger partial charge in [-0.1, -0.05) is 24.3 Å². The number of phenols is 1. The number of carbonyl (C=O) groups excluding carboxylic acids is 1. The largest absolute Gasteiger partial charge is 0.506 e. The molecule has 0 aliphatic carbocycles. The summed E-state index contributed by atoms with van der Waals surface area (Å²) in [7, 11) is 0. The molecule has 2 aromatic rings. The van der Waals surface area contributed by atoms with Crippen LogP contribution in [-0.2, 0) is 4.79 Å². The number of carbonyl (C=O) groups is 1. The Hall–Kier alpha value is -2.80. The van der Waals surface area contributed by atoms with Gasteiger partial charge in [0.2, 0.25) is 5.91 Å². The van der Waals surface area contributed by atoms with Crippen molar-refractivity contribution in [3.8, 4) is 11.8 Å². The van der Waals surface area contributed by atoms with Crippen LogP contribution in [-0.4, -0.2) is 11.0 Å². The van der Waals surface area contributed by atoms with Crippen LogP contribution >= 0.6 is 0 Å². The number of anilines is 1. The Morgan fingerprint density at radius 2 is 1.85 bits per heavy atom. The van der Waals surface area contributed by atoms with Crippen LogP contribution in [0.4, 0.5) is 5.69 Å². The van der Waals surface area contributed by atoms with Gasteiger partial charge in [-0.15, -0.1) is 0 Å². The molecule has 1 saturated heterocycles. The molecule has 20 heavy (non-hydrogen) atoms. The summed E-state index contributed by atoms with van der Waals surface area (Å²) in [6.07, 6.45) is 0.417. The van der Waals surface area contributed by atoms with E-state index in [0.717, 1.165) is 5.56 Å². The van der Waals surface area contributed by atoms with Gasteiger partial charge in [0.15, 0.2) is 0 Å². The van der Waals surface area contributed by atoms with Crippen molar-refractivity contribution in [1.82, 2.24) is 0 Å². The first-order valence-corrected chi connectivity index (χ1v) is 6.31. The summed E-state index contributed by atoms with van der Waals surface area (Å²) in [5.74, 6) is 0.0834. The summed E-state index contributed by atoms with van der Waals surface area (Å²) < 4.78 is 0. The lowest BCUT2D eigenvalue weighted by atomic mass is 9.92. The summed E-state index contributed by atoms with van der Waals surface area (Å²) in [6, 6.07) is 16.0. The van der Waals surface area contributed by atoms with E-state index in [4.69, 9.17) is 5.26 Å². The molecule has 1 heterocycles. The molecular formula is C16H12N2O2. The van der Waals surface area contributed by atoms with Gasteiger partial charge in [-0.3, -0.25) is 4.79 Å². The normalized spacial score (nSPS) is 17.4. The highest BCUT2D eigenvalue weighted by Gasteiger charge is 2.39. The summed E-state index contributed by atoms with van der Waals surface area (Å²) in [5, 5.41) is 18.7. The maximum atomic E-state index is 11.9. The number of amides is 1. The number of nitrogens with zero attached hydrogens (tertiary/aromatic N) is 2. The molecule has 3 rings (SSSR count). The molecule has 0 aromatic heterocycles. The molecule has 1 unspecified atom stereocenters. The lowest BCUT2D eigenvalue weighted by Crippen LogP contribution is -2.46. The molecule has 1 amide bonds. The minimum Gasteiger partial charge on any atom is -0.506 e. The molecule has 4 nitrogen and oxygen atoms in total. The minimum atomic E-state index is -0.0801. The van der Waals surface area contributed by atoms with Crippen LogP contribution in [0.3, 0.4) is 0 Å². The van der Waals surface area contributed by atoms with Crippen LogP contribution < -0.4 is 4.90 Å². The van der Waals surface area contributed by atoms with E-state index in [-0.39, 0.29) is 17.7 Å². The third kappa shape index (κ3) is 1.90. The molecule has 1 aliphatic rings. The zero-order chi connectivity index (χ0) is 14.1.